The molecule has 0 fully saturated rings. The van der Waals surface area contributed by atoms with Crippen LogP contribution in [0.15, 0.2) is 173 Å². The number of furan rings is 2. The van der Waals surface area contributed by atoms with E-state index in [1.54, 1.807) is 18.2 Å². The van der Waals surface area contributed by atoms with E-state index in [-0.39, 0.29) is 17.6 Å². The summed E-state index contributed by atoms with van der Waals surface area (Å²) in [7, 11) is 0. The van der Waals surface area contributed by atoms with E-state index in [2.05, 4.69) is 30.3 Å². The topological polar surface area (TPSA) is 65.0 Å². The number of para-hydroxylation sites is 2. The normalized spacial score (nSPS) is 13.0. The molecule has 0 amide bonds. The highest BCUT2D eigenvalue weighted by atomic mass is 16.3. The van der Waals surface area contributed by atoms with E-state index in [0.717, 1.165) is 60.5 Å². The highest BCUT2D eigenvalue weighted by Crippen LogP contribution is 2.39. The van der Waals surface area contributed by atoms with Gasteiger partial charge in [-0.1, -0.05) is 127 Å². The number of hydrogen-bond acceptors (Lipinski definition) is 5. The summed E-state index contributed by atoms with van der Waals surface area (Å²) in [5.41, 5.74) is 7.75. The van der Waals surface area contributed by atoms with Crippen molar-refractivity contribution >= 4 is 43.9 Å². The van der Waals surface area contributed by atoms with Crippen LogP contribution in [0, 0.1) is 0 Å². The van der Waals surface area contributed by atoms with Gasteiger partial charge in [-0.25, -0.2) is 15.0 Å². The summed E-state index contributed by atoms with van der Waals surface area (Å²) in [5.74, 6) is 1.26. The van der Waals surface area contributed by atoms with E-state index >= 15 is 0 Å². The second-order valence-corrected chi connectivity index (χ2v) is 12.1. The van der Waals surface area contributed by atoms with Crippen molar-refractivity contribution in [2.45, 2.75) is 0 Å². The van der Waals surface area contributed by atoms with Crippen molar-refractivity contribution < 1.29 is 15.7 Å². The third kappa shape index (κ3) is 4.75. The average Bonchev–Trinajstić information content (AvgIpc) is 3.80. The number of fused-ring (bicyclic) bond motifs is 6. The molecule has 0 aliphatic heterocycles. The fourth-order valence-corrected chi connectivity index (χ4v) is 6.62. The molecule has 10 aromatic rings. The van der Waals surface area contributed by atoms with E-state index < -0.39 is 18.1 Å². The summed E-state index contributed by atoms with van der Waals surface area (Å²) in [6.45, 7) is 0. The first kappa shape index (κ1) is 23.5. The standard InChI is InChI=1S/C45H27N3O2/c1-3-11-28(12-4-1)30-15-9-16-32(25-30)44-46-43(29-13-5-2-6-14-29)47-45(48-44)33-22-24-37-36-23-21-31(26-40(36)49-41(37)27-33)34-18-10-19-38-35-17-7-8-20-39(35)50-42(34)38/h1-27H/i1D,3D,4D,11D,12D. The number of aromatic nitrogens is 3. The van der Waals surface area contributed by atoms with E-state index in [4.69, 9.17) is 30.6 Å². The molecule has 0 N–H and O–H groups in total. The molecule has 3 heterocycles. The Hall–Kier alpha value is -6.85. The molecule has 0 saturated heterocycles. The highest BCUT2D eigenvalue weighted by Gasteiger charge is 2.17. The maximum atomic E-state index is 8.53. The van der Waals surface area contributed by atoms with Crippen LogP contribution in [0.3, 0.4) is 0 Å². The van der Waals surface area contributed by atoms with Crippen LogP contribution in [0.1, 0.15) is 6.85 Å². The Morgan fingerprint density at radius 2 is 0.960 bits per heavy atom. The molecule has 234 valence electrons. The highest BCUT2D eigenvalue weighted by molar-refractivity contribution is 6.11. The van der Waals surface area contributed by atoms with Crippen molar-refractivity contribution in [1.82, 2.24) is 15.0 Å². The van der Waals surface area contributed by atoms with Gasteiger partial charge in [-0.2, -0.15) is 0 Å². The van der Waals surface area contributed by atoms with E-state index in [0.29, 0.717) is 34.2 Å². The quantitative estimate of drug-likeness (QED) is 0.186. The van der Waals surface area contributed by atoms with Gasteiger partial charge in [0.05, 0.1) is 6.85 Å². The van der Waals surface area contributed by atoms with Gasteiger partial charge < -0.3 is 8.83 Å². The van der Waals surface area contributed by atoms with Gasteiger partial charge in [0.25, 0.3) is 0 Å². The van der Waals surface area contributed by atoms with E-state index in [1.807, 2.05) is 84.9 Å². The van der Waals surface area contributed by atoms with Crippen LogP contribution in [-0.4, -0.2) is 15.0 Å². The van der Waals surface area contributed by atoms with Gasteiger partial charge in [0.15, 0.2) is 17.5 Å². The number of benzene rings is 7. The van der Waals surface area contributed by atoms with Gasteiger partial charge in [-0.05, 0) is 53.1 Å². The molecule has 0 unspecified atom stereocenters. The second kappa shape index (κ2) is 11.4. The first-order valence-corrected chi connectivity index (χ1v) is 16.2. The van der Waals surface area contributed by atoms with Crippen molar-refractivity contribution in [3.8, 4) is 56.4 Å². The van der Waals surface area contributed by atoms with Gasteiger partial charge >= 0.3 is 0 Å². The van der Waals surface area contributed by atoms with Crippen LogP contribution >= 0.6 is 0 Å². The lowest BCUT2D eigenvalue weighted by Crippen LogP contribution is -2.00. The summed E-state index contributed by atoms with van der Waals surface area (Å²) >= 11 is 0. The summed E-state index contributed by atoms with van der Waals surface area (Å²) in [5, 5.41) is 4.08. The van der Waals surface area contributed by atoms with Crippen LogP contribution in [-0.2, 0) is 0 Å². The van der Waals surface area contributed by atoms with Crippen molar-refractivity contribution in [2.75, 3.05) is 0 Å². The van der Waals surface area contributed by atoms with Gasteiger partial charge in [-0.15, -0.1) is 0 Å². The Kier molecular flexibility index (Phi) is 5.35. The minimum Gasteiger partial charge on any atom is -0.456 e. The third-order valence-corrected chi connectivity index (χ3v) is 9.02. The SMILES string of the molecule is [2H]c1c([2H])c([2H])c(-c2cccc(-c3nc(-c4ccccc4)nc(-c4ccc5c(c4)oc4cc(-c6cccc7c6oc6ccccc67)ccc45)n3)c2)c([2H])c1[2H]. The Bertz CT molecular complexity index is 3150. The lowest BCUT2D eigenvalue weighted by atomic mass is 10.0. The van der Waals surface area contributed by atoms with Crippen molar-refractivity contribution in [1.29, 1.82) is 0 Å². The van der Waals surface area contributed by atoms with Crippen LogP contribution in [0.4, 0.5) is 0 Å². The van der Waals surface area contributed by atoms with E-state index in [9.17, 15) is 0 Å². The monoisotopic (exact) mass is 646 g/mol. The fraction of sp³-hybridized carbons (Fsp3) is 0. The average molecular weight is 647 g/mol. The summed E-state index contributed by atoms with van der Waals surface area (Å²) in [6, 6.07) is 41.3. The Morgan fingerprint density at radius 1 is 0.380 bits per heavy atom. The molecule has 0 aliphatic carbocycles. The first-order chi connectivity index (χ1) is 26.8. The van der Waals surface area contributed by atoms with Crippen molar-refractivity contribution in [2.24, 2.45) is 0 Å². The molecule has 5 nitrogen and oxygen atoms in total. The second-order valence-electron chi connectivity index (χ2n) is 12.1. The molecule has 0 saturated carbocycles. The van der Waals surface area contributed by atoms with Crippen LogP contribution in [0.5, 0.6) is 0 Å². The predicted molar refractivity (Wildman–Crippen MR) is 202 cm³/mol. The zero-order valence-electron chi connectivity index (χ0n) is 31.4. The number of hydrogen-bond donors (Lipinski definition) is 0. The number of rotatable bonds is 5. The minimum absolute atomic E-state index is 0.109. The summed E-state index contributed by atoms with van der Waals surface area (Å²) < 4.78 is 54.3. The first-order valence-electron chi connectivity index (χ1n) is 18.7. The Balaban J connectivity index is 1.09. The molecule has 3 aromatic heterocycles. The molecular weight excluding hydrogens is 615 g/mol. The van der Waals surface area contributed by atoms with Crippen LogP contribution in [0.25, 0.3) is 100 Å². The van der Waals surface area contributed by atoms with Gasteiger partial charge in [-0.3, -0.25) is 0 Å². The molecule has 0 bridgehead atoms. The maximum Gasteiger partial charge on any atom is 0.164 e. The maximum absolute atomic E-state index is 8.53. The van der Waals surface area contributed by atoms with Crippen LogP contribution in [0.2, 0.25) is 0 Å². The zero-order chi connectivity index (χ0) is 37.4. The fourth-order valence-electron chi connectivity index (χ4n) is 6.62. The van der Waals surface area contributed by atoms with Crippen LogP contribution < -0.4 is 0 Å². The summed E-state index contributed by atoms with van der Waals surface area (Å²) in [4.78, 5) is 14.7. The molecule has 0 atom stereocenters. The Labute approximate surface area is 294 Å². The van der Waals surface area contributed by atoms with Gasteiger partial charge in [0, 0.05) is 43.8 Å². The largest absolute Gasteiger partial charge is 0.456 e. The molecule has 50 heavy (non-hydrogen) atoms. The zero-order valence-corrected chi connectivity index (χ0v) is 26.4. The molecular formula is C45H27N3O2. The molecule has 10 rings (SSSR count). The molecule has 5 heteroatoms. The lowest BCUT2D eigenvalue weighted by molar-refractivity contribution is 0.668. The number of nitrogens with zero attached hydrogens (tertiary/aromatic N) is 3. The smallest absolute Gasteiger partial charge is 0.164 e. The van der Waals surface area contributed by atoms with Gasteiger partial charge in [0.1, 0.15) is 22.3 Å². The summed E-state index contributed by atoms with van der Waals surface area (Å²) in [6.07, 6.45) is 0. The minimum atomic E-state index is -0.438. The molecule has 7 aromatic carbocycles. The molecule has 0 radical (unpaired) electrons. The Morgan fingerprint density at radius 3 is 1.76 bits per heavy atom. The lowest BCUT2D eigenvalue weighted by Gasteiger charge is -2.09. The third-order valence-electron chi connectivity index (χ3n) is 9.02. The predicted octanol–water partition coefficient (Wildman–Crippen LogP) is 12.0. The van der Waals surface area contributed by atoms with Crippen molar-refractivity contribution in [3.63, 3.8) is 0 Å². The van der Waals surface area contributed by atoms with Gasteiger partial charge in [0.2, 0.25) is 0 Å². The molecule has 0 aliphatic rings. The van der Waals surface area contributed by atoms with Crippen molar-refractivity contribution in [3.05, 3.63) is 164 Å². The molecule has 0 spiro atoms. The van der Waals surface area contributed by atoms with E-state index in [1.165, 1.54) is 0 Å².